The van der Waals surface area contributed by atoms with Gasteiger partial charge in [-0.2, -0.15) is 0 Å². The van der Waals surface area contributed by atoms with Gasteiger partial charge in [0.05, 0.1) is 5.56 Å². The smallest absolute Gasteiger partial charge is 0.254 e. The van der Waals surface area contributed by atoms with E-state index < -0.39 is 17.5 Å². The third-order valence-electron chi connectivity index (χ3n) is 2.76. The number of hydrogen-bond acceptors (Lipinski definition) is 2. The molecule has 2 unspecified atom stereocenters. The first kappa shape index (κ1) is 13.6. The second-order valence-corrected chi connectivity index (χ2v) is 4.10. The van der Waals surface area contributed by atoms with E-state index in [1.165, 1.54) is 0 Å². The van der Waals surface area contributed by atoms with Gasteiger partial charge in [-0.1, -0.05) is 6.92 Å². The van der Waals surface area contributed by atoms with Crippen molar-refractivity contribution in [2.24, 2.45) is 11.7 Å². The number of amides is 1. The fraction of sp³-hybridized carbons (Fsp3) is 0.417. The van der Waals surface area contributed by atoms with Gasteiger partial charge in [-0.15, -0.1) is 0 Å². The Kier molecular flexibility index (Phi) is 4.57. The van der Waals surface area contributed by atoms with Crippen LogP contribution in [0.25, 0.3) is 0 Å². The van der Waals surface area contributed by atoms with Crippen LogP contribution in [0.15, 0.2) is 18.2 Å². The van der Waals surface area contributed by atoms with Gasteiger partial charge in [-0.25, -0.2) is 8.78 Å². The molecule has 0 aliphatic heterocycles. The largest absolute Gasteiger partial charge is 0.349 e. The quantitative estimate of drug-likeness (QED) is 0.844. The fourth-order valence-electron chi connectivity index (χ4n) is 1.30. The molecular weight excluding hydrogens is 226 g/mol. The Balaban J connectivity index is 2.76. The van der Waals surface area contributed by atoms with Crippen LogP contribution >= 0.6 is 0 Å². The van der Waals surface area contributed by atoms with E-state index in [0.717, 1.165) is 12.1 Å². The average Bonchev–Trinajstić information content (AvgIpc) is 2.27. The van der Waals surface area contributed by atoms with E-state index in [2.05, 4.69) is 5.32 Å². The molecule has 1 aromatic rings. The molecule has 0 saturated heterocycles. The second-order valence-electron chi connectivity index (χ2n) is 4.10. The minimum Gasteiger partial charge on any atom is -0.349 e. The van der Waals surface area contributed by atoms with E-state index >= 15 is 0 Å². The van der Waals surface area contributed by atoms with Crippen LogP contribution < -0.4 is 11.1 Å². The summed E-state index contributed by atoms with van der Waals surface area (Å²) < 4.78 is 26.0. The second kappa shape index (κ2) is 5.72. The summed E-state index contributed by atoms with van der Waals surface area (Å²) in [5.41, 5.74) is 5.30. The van der Waals surface area contributed by atoms with Crippen molar-refractivity contribution in [2.45, 2.75) is 19.9 Å². The summed E-state index contributed by atoms with van der Waals surface area (Å²) in [6, 6.07) is 2.69. The summed E-state index contributed by atoms with van der Waals surface area (Å²) in [6.45, 7) is 4.09. The highest BCUT2D eigenvalue weighted by Gasteiger charge is 2.17. The molecule has 0 heterocycles. The number of halogens is 2. The monoisotopic (exact) mass is 242 g/mol. The van der Waals surface area contributed by atoms with Crippen LogP contribution in [0.2, 0.25) is 0 Å². The van der Waals surface area contributed by atoms with Crippen molar-refractivity contribution in [2.75, 3.05) is 6.54 Å². The zero-order chi connectivity index (χ0) is 13.0. The van der Waals surface area contributed by atoms with E-state index in [-0.39, 0.29) is 17.5 Å². The first-order chi connectivity index (χ1) is 7.95. The van der Waals surface area contributed by atoms with E-state index in [0.29, 0.717) is 12.6 Å². The van der Waals surface area contributed by atoms with Gasteiger partial charge in [-0.05, 0) is 31.5 Å². The van der Waals surface area contributed by atoms with Crippen LogP contribution in [0, 0.1) is 17.6 Å². The highest BCUT2D eigenvalue weighted by Crippen LogP contribution is 2.10. The zero-order valence-corrected chi connectivity index (χ0v) is 9.84. The third-order valence-corrected chi connectivity index (χ3v) is 2.76. The molecule has 0 aromatic heterocycles. The van der Waals surface area contributed by atoms with Gasteiger partial charge in [-0.3, -0.25) is 4.79 Å². The average molecular weight is 242 g/mol. The third kappa shape index (κ3) is 3.49. The van der Waals surface area contributed by atoms with Crippen molar-refractivity contribution in [1.82, 2.24) is 5.32 Å². The van der Waals surface area contributed by atoms with Crippen molar-refractivity contribution < 1.29 is 13.6 Å². The molecule has 0 radical (unpaired) electrons. The van der Waals surface area contributed by atoms with E-state index in [9.17, 15) is 13.6 Å². The Labute approximate surface area is 99.0 Å². The molecule has 0 aliphatic carbocycles. The van der Waals surface area contributed by atoms with Crippen molar-refractivity contribution in [3.8, 4) is 0 Å². The summed E-state index contributed by atoms with van der Waals surface area (Å²) in [5, 5.41) is 2.63. The fourth-order valence-corrected chi connectivity index (χ4v) is 1.30. The molecule has 3 nitrogen and oxygen atoms in total. The van der Waals surface area contributed by atoms with Gasteiger partial charge in [0.2, 0.25) is 0 Å². The first-order valence-corrected chi connectivity index (χ1v) is 5.41. The predicted octanol–water partition coefficient (Wildman–Crippen LogP) is 1.68. The van der Waals surface area contributed by atoms with Gasteiger partial charge >= 0.3 is 0 Å². The van der Waals surface area contributed by atoms with Crippen LogP contribution in [0.3, 0.4) is 0 Å². The SMILES string of the molecule is CC(CN)C(C)NC(=O)c1ccc(F)cc1F. The highest BCUT2D eigenvalue weighted by molar-refractivity contribution is 5.94. The highest BCUT2D eigenvalue weighted by atomic mass is 19.1. The number of nitrogens with two attached hydrogens (primary N) is 1. The lowest BCUT2D eigenvalue weighted by atomic mass is 10.0. The molecule has 94 valence electrons. The van der Waals surface area contributed by atoms with Gasteiger partial charge < -0.3 is 11.1 Å². The number of rotatable bonds is 4. The lowest BCUT2D eigenvalue weighted by Crippen LogP contribution is -2.40. The Morgan fingerprint density at radius 2 is 2.06 bits per heavy atom. The van der Waals surface area contributed by atoms with Crippen molar-refractivity contribution >= 4 is 5.91 Å². The van der Waals surface area contributed by atoms with Crippen LogP contribution in [0.5, 0.6) is 0 Å². The Morgan fingerprint density at radius 1 is 1.41 bits per heavy atom. The number of carbonyl (C=O) groups is 1. The predicted molar refractivity (Wildman–Crippen MR) is 61.5 cm³/mol. The topological polar surface area (TPSA) is 55.1 Å². The maximum atomic E-state index is 13.3. The zero-order valence-electron chi connectivity index (χ0n) is 9.84. The normalized spacial score (nSPS) is 14.2. The Morgan fingerprint density at radius 3 is 2.59 bits per heavy atom. The molecule has 0 bridgehead atoms. The van der Waals surface area contributed by atoms with E-state index in [1.54, 1.807) is 6.92 Å². The molecule has 0 spiro atoms. The summed E-state index contributed by atoms with van der Waals surface area (Å²) in [6.07, 6.45) is 0. The lowest BCUT2D eigenvalue weighted by Gasteiger charge is -2.19. The van der Waals surface area contributed by atoms with E-state index in [4.69, 9.17) is 5.73 Å². The van der Waals surface area contributed by atoms with Crippen molar-refractivity contribution in [3.63, 3.8) is 0 Å². The molecule has 3 N–H and O–H groups in total. The Bertz CT molecular complexity index is 409. The molecule has 0 saturated carbocycles. The first-order valence-electron chi connectivity index (χ1n) is 5.41. The summed E-state index contributed by atoms with van der Waals surface area (Å²) in [4.78, 5) is 11.7. The van der Waals surface area contributed by atoms with E-state index in [1.807, 2.05) is 6.92 Å². The van der Waals surface area contributed by atoms with Crippen LogP contribution in [0.1, 0.15) is 24.2 Å². The lowest BCUT2D eigenvalue weighted by molar-refractivity contribution is 0.0925. The van der Waals surface area contributed by atoms with Crippen molar-refractivity contribution in [3.05, 3.63) is 35.4 Å². The molecule has 1 aromatic carbocycles. The molecular formula is C12H16F2N2O. The van der Waals surface area contributed by atoms with Crippen LogP contribution in [-0.4, -0.2) is 18.5 Å². The molecule has 2 atom stereocenters. The number of hydrogen-bond donors (Lipinski definition) is 2. The van der Waals surface area contributed by atoms with Gasteiger partial charge in [0.25, 0.3) is 5.91 Å². The molecule has 1 amide bonds. The minimum atomic E-state index is -0.866. The van der Waals surface area contributed by atoms with Gasteiger partial charge in [0.1, 0.15) is 11.6 Å². The molecule has 0 aliphatic rings. The Hall–Kier alpha value is -1.49. The number of benzene rings is 1. The minimum absolute atomic E-state index is 0.0856. The maximum absolute atomic E-state index is 13.3. The number of carbonyl (C=O) groups excluding carboxylic acids is 1. The number of nitrogens with one attached hydrogen (secondary N) is 1. The molecule has 17 heavy (non-hydrogen) atoms. The van der Waals surface area contributed by atoms with Crippen LogP contribution in [0.4, 0.5) is 8.78 Å². The van der Waals surface area contributed by atoms with Gasteiger partial charge in [0.15, 0.2) is 0 Å². The molecule has 1 rings (SSSR count). The van der Waals surface area contributed by atoms with Crippen molar-refractivity contribution in [1.29, 1.82) is 0 Å². The summed E-state index contributed by atoms with van der Waals surface area (Å²) in [5.74, 6) is -2.05. The molecule has 0 fully saturated rings. The maximum Gasteiger partial charge on any atom is 0.254 e. The van der Waals surface area contributed by atoms with Crippen LogP contribution in [-0.2, 0) is 0 Å². The summed E-state index contributed by atoms with van der Waals surface area (Å²) in [7, 11) is 0. The summed E-state index contributed by atoms with van der Waals surface area (Å²) >= 11 is 0. The standard InChI is InChI=1S/C12H16F2N2O/c1-7(6-15)8(2)16-12(17)10-4-3-9(13)5-11(10)14/h3-5,7-8H,6,15H2,1-2H3,(H,16,17). The van der Waals surface area contributed by atoms with Gasteiger partial charge in [0, 0.05) is 12.1 Å². The molecule has 5 heteroatoms.